The average Bonchev–Trinajstić information content (AvgIpc) is 3.08. The number of anilines is 1. The molecule has 6 nitrogen and oxygen atoms in total. The minimum Gasteiger partial charge on any atom is -0.367 e. The number of carbonyl (C=O) groups excluding carboxylic acids is 1. The van der Waals surface area contributed by atoms with Gasteiger partial charge in [-0.05, 0) is 62.9 Å². The van der Waals surface area contributed by atoms with Gasteiger partial charge in [-0.1, -0.05) is 13.8 Å². The maximum Gasteiger partial charge on any atom is 0.252 e. The molecule has 0 saturated carbocycles. The van der Waals surface area contributed by atoms with Crippen molar-refractivity contribution < 1.29 is 4.79 Å². The minimum atomic E-state index is -0.0202. The van der Waals surface area contributed by atoms with Gasteiger partial charge in [-0.15, -0.1) is 0 Å². The molecule has 1 aromatic rings. The molecule has 1 amide bonds. The molecule has 3 heterocycles. The number of piperidine rings is 1. The number of nitrogens with one attached hydrogen (secondary N) is 3. The Morgan fingerprint density at radius 1 is 1.31 bits per heavy atom. The van der Waals surface area contributed by atoms with E-state index in [0.29, 0.717) is 23.4 Å². The summed E-state index contributed by atoms with van der Waals surface area (Å²) in [6, 6.07) is 4.25. The SMILES string of the molecule is CC(C)CN1CC[C@H](CNC(=O)c2ccc(NC3CCNCC3)nc2)C1. The molecule has 0 spiro atoms. The lowest BCUT2D eigenvalue weighted by Crippen LogP contribution is -2.35. The van der Waals surface area contributed by atoms with E-state index in [1.165, 1.54) is 6.42 Å². The van der Waals surface area contributed by atoms with Gasteiger partial charge in [0, 0.05) is 31.9 Å². The van der Waals surface area contributed by atoms with Crippen LogP contribution in [0.4, 0.5) is 5.82 Å². The number of aromatic nitrogens is 1. The van der Waals surface area contributed by atoms with Gasteiger partial charge >= 0.3 is 0 Å². The Bertz CT molecular complexity index is 568. The first-order valence-electron chi connectivity index (χ1n) is 10.0. The van der Waals surface area contributed by atoms with E-state index in [1.807, 2.05) is 12.1 Å². The number of pyridine rings is 1. The van der Waals surface area contributed by atoms with Crippen LogP contribution in [0.15, 0.2) is 18.3 Å². The highest BCUT2D eigenvalue weighted by Crippen LogP contribution is 2.17. The molecule has 0 aliphatic carbocycles. The van der Waals surface area contributed by atoms with E-state index < -0.39 is 0 Å². The highest BCUT2D eigenvalue weighted by atomic mass is 16.1. The first kappa shape index (κ1) is 19.1. The van der Waals surface area contributed by atoms with E-state index in [9.17, 15) is 4.79 Å². The van der Waals surface area contributed by atoms with Gasteiger partial charge in [-0.3, -0.25) is 4.79 Å². The molecule has 144 valence electrons. The summed E-state index contributed by atoms with van der Waals surface area (Å²) in [5, 5.41) is 9.89. The number of carbonyl (C=O) groups is 1. The fourth-order valence-electron chi connectivity index (χ4n) is 3.89. The molecule has 3 N–H and O–H groups in total. The van der Waals surface area contributed by atoms with Crippen molar-refractivity contribution in [2.75, 3.05) is 44.6 Å². The van der Waals surface area contributed by atoms with Gasteiger partial charge in [-0.2, -0.15) is 0 Å². The number of amides is 1. The fraction of sp³-hybridized carbons (Fsp3) is 0.700. The largest absolute Gasteiger partial charge is 0.367 e. The highest BCUT2D eigenvalue weighted by Gasteiger charge is 2.23. The molecule has 26 heavy (non-hydrogen) atoms. The van der Waals surface area contributed by atoms with Crippen LogP contribution in [0.25, 0.3) is 0 Å². The molecular weight excluding hydrogens is 326 g/mol. The third-order valence-corrected chi connectivity index (χ3v) is 5.26. The topological polar surface area (TPSA) is 69.3 Å². The molecule has 2 aliphatic rings. The number of hydrogen-bond acceptors (Lipinski definition) is 5. The Morgan fingerprint density at radius 3 is 2.81 bits per heavy atom. The molecule has 0 bridgehead atoms. The lowest BCUT2D eigenvalue weighted by Gasteiger charge is -2.24. The summed E-state index contributed by atoms with van der Waals surface area (Å²) in [6.07, 6.45) is 5.07. The van der Waals surface area contributed by atoms with Crippen LogP contribution in [-0.2, 0) is 0 Å². The lowest BCUT2D eigenvalue weighted by molar-refractivity contribution is 0.0947. The Hall–Kier alpha value is -1.66. The maximum absolute atomic E-state index is 12.4. The molecule has 1 aromatic heterocycles. The molecule has 2 fully saturated rings. The molecule has 2 saturated heterocycles. The van der Waals surface area contributed by atoms with Gasteiger partial charge in [-0.25, -0.2) is 4.98 Å². The van der Waals surface area contributed by atoms with Crippen molar-refractivity contribution >= 4 is 11.7 Å². The summed E-state index contributed by atoms with van der Waals surface area (Å²) < 4.78 is 0. The fourth-order valence-corrected chi connectivity index (χ4v) is 3.89. The lowest BCUT2D eigenvalue weighted by atomic mass is 10.1. The zero-order chi connectivity index (χ0) is 18.4. The molecule has 2 aliphatic heterocycles. The monoisotopic (exact) mass is 359 g/mol. The van der Waals surface area contributed by atoms with Gasteiger partial charge in [0.25, 0.3) is 5.91 Å². The van der Waals surface area contributed by atoms with Gasteiger partial charge in [0.1, 0.15) is 5.82 Å². The van der Waals surface area contributed by atoms with Crippen molar-refractivity contribution in [3.05, 3.63) is 23.9 Å². The quantitative estimate of drug-likeness (QED) is 0.694. The summed E-state index contributed by atoms with van der Waals surface area (Å²) in [7, 11) is 0. The molecule has 0 aromatic carbocycles. The van der Waals surface area contributed by atoms with E-state index in [0.717, 1.165) is 57.9 Å². The normalized spacial score (nSPS) is 21.9. The summed E-state index contributed by atoms with van der Waals surface area (Å²) >= 11 is 0. The van der Waals surface area contributed by atoms with Gasteiger partial charge in [0.2, 0.25) is 0 Å². The third-order valence-electron chi connectivity index (χ3n) is 5.26. The molecule has 6 heteroatoms. The van der Waals surface area contributed by atoms with Gasteiger partial charge < -0.3 is 20.9 Å². The van der Waals surface area contributed by atoms with Crippen LogP contribution in [0, 0.1) is 11.8 Å². The van der Waals surface area contributed by atoms with E-state index in [1.54, 1.807) is 6.20 Å². The summed E-state index contributed by atoms with van der Waals surface area (Å²) in [4.78, 5) is 19.3. The number of nitrogens with zero attached hydrogens (tertiary/aromatic N) is 2. The zero-order valence-corrected chi connectivity index (χ0v) is 16.1. The van der Waals surface area contributed by atoms with Crippen LogP contribution in [0.1, 0.15) is 43.5 Å². The van der Waals surface area contributed by atoms with Crippen LogP contribution in [-0.4, -0.2) is 61.1 Å². The van der Waals surface area contributed by atoms with Crippen molar-refractivity contribution in [1.82, 2.24) is 20.5 Å². The van der Waals surface area contributed by atoms with Crippen molar-refractivity contribution in [2.45, 2.75) is 39.2 Å². The second-order valence-electron chi connectivity index (χ2n) is 8.12. The van der Waals surface area contributed by atoms with E-state index >= 15 is 0 Å². The highest BCUT2D eigenvalue weighted by molar-refractivity contribution is 5.94. The van der Waals surface area contributed by atoms with E-state index in [-0.39, 0.29) is 5.91 Å². The predicted molar refractivity (Wildman–Crippen MR) is 105 cm³/mol. The average molecular weight is 360 g/mol. The minimum absolute atomic E-state index is 0.0202. The van der Waals surface area contributed by atoms with Crippen LogP contribution < -0.4 is 16.0 Å². The smallest absolute Gasteiger partial charge is 0.252 e. The Balaban J connectivity index is 1.42. The molecule has 0 unspecified atom stereocenters. The van der Waals surface area contributed by atoms with Gasteiger partial charge in [0.05, 0.1) is 5.56 Å². The Labute approximate surface area is 157 Å². The van der Waals surface area contributed by atoms with E-state index in [4.69, 9.17) is 0 Å². The Morgan fingerprint density at radius 2 is 2.12 bits per heavy atom. The molecular formula is C20H33N5O. The maximum atomic E-state index is 12.4. The number of likely N-dealkylation sites (tertiary alicyclic amines) is 1. The standard InChI is InChI=1S/C20H33N5O/c1-15(2)13-25-10-7-16(14-25)11-23-20(26)17-3-4-19(22-12-17)24-18-5-8-21-9-6-18/h3-4,12,15-16,18,21H,5-11,13-14H2,1-2H3,(H,22,24)(H,23,26)/t16-/m1/s1. The number of hydrogen-bond donors (Lipinski definition) is 3. The van der Waals surface area contributed by atoms with Crippen LogP contribution >= 0.6 is 0 Å². The molecule has 1 atom stereocenters. The third kappa shape index (κ3) is 5.68. The number of rotatable bonds is 7. The molecule has 3 rings (SSSR count). The Kier molecular flexibility index (Phi) is 6.86. The first-order chi connectivity index (χ1) is 12.6. The van der Waals surface area contributed by atoms with Crippen molar-refractivity contribution in [3.8, 4) is 0 Å². The van der Waals surface area contributed by atoms with E-state index in [2.05, 4.69) is 39.7 Å². The second kappa shape index (κ2) is 9.33. The van der Waals surface area contributed by atoms with Gasteiger partial charge in [0.15, 0.2) is 0 Å². The summed E-state index contributed by atoms with van der Waals surface area (Å²) in [6.45, 7) is 10.8. The van der Waals surface area contributed by atoms with Crippen molar-refractivity contribution in [2.24, 2.45) is 11.8 Å². The van der Waals surface area contributed by atoms with Crippen molar-refractivity contribution in [3.63, 3.8) is 0 Å². The van der Waals surface area contributed by atoms with Crippen molar-refractivity contribution in [1.29, 1.82) is 0 Å². The van der Waals surface area contributed by atoms with Crippen LogP contribution in [0.2, 0.25) is 0 Å². The molecule has 0 radical (unpaired) electrons. The zero-order valence-electron chi connectivity index (χ0n) is 16.1. The summed E-state index contributed by atoms with van der Waals surface area (Å²) in [5.74, 6) is 2.10. The summed E-state index contributed by atoms with van der Waals surface area (Å²) in [5.41, 5.74) is 0.637. The van der Waals surface area contributed by atoms with Crippen LogP contribution in [0.3, 0.4) is 0 Å². The second-order valence-corrected chi connectivity index (χ2v) is 8.12. The predicted octanol–water partition coefficient (Wildman–Crippen LogP) is 1.95. The van der Waals surface area contributed by atoms with Crippen LogP contribution in [0.5, 0.6) is 0 Å². The first-order valence-corrected chi connectivity index (χ1v) is 10.0.